The Hall–Kier alpha value is -1.58. The van der Waals surface area contributed by atoms with E-state index in [0.29, 0.717) is 11.7 Å². The van der Waals surface area contributed by atoms with Crippen LogP contribution in [0.4, 0.5) is 5.82 Å². The highest BCUT2D eigenvalue weighted by Crippen LogP contribution is 2.20. The van der Waals surface area contributed by atoms with E-state index in [9.17, 15) is 0 Å². The standard InChI is InChI=1S/C10H14N4/c1-6(2)10-12-8-5-14(3)4-7(8)9(11)13-10/h4-6H,1-3H3,(H2,11,12,13). The SMILES string of the molecule is CC(C)c1nc(N)c2cn(C)cc2n1. The number of anilines is 1. The summed E-state index contributed by atoms with van der Waals surface area (Å²) in [7, 11) is 1.95. The van der Waals surface area contributed by atoms with Gasteiger partial charge in [0.25, 0.3) is 0 Å². The highest BCUT2D eigenvalue weighted by molar-refractivity contribution is 5.87. The van der Waals surface area contributed by atoms with Crippen molar-refractivity contribution in [2.24, 2.45) is 7.05 Å². The van der Waals surface area contributed by atoms with Crippen LogP contribution in [0.2, 0.25) is 0 Å². The van der Waals surface area contributed by atoms with Gasteiger partial charge in [0.05, 0.1) is 10.9 Å². The molecule has 0 aliphatic carbocycles. The van der Waals surface area contributed by atoms with Gasteiger partial charge in [0.15, 0.2) is 0 Å². The van der Waals surface area contributed by atoms with E-state index in [1.165, 1.54) is 0 Å². The molecule has 0 saturated heterocycles. The third-order valence-corrected chi connectivity index (χ3v) is 2.20. The summed E-state index contributed by atoms with van der Waals surface area (Å²) in [6.07, 6.45) is 3.90. The van der Waals surface area contributed by atoms with Crippen molar-refractivity contribution in [1.82, 2.24) is 14.5 Å². The molecule has 0 atom stereocenters. The van der Waals surface area contributed by atoms with Gasteiger partial charge in [0, 0.05) is 25.4 Å². The highest BCUT2D eigenvalue weighted by Gasteiger charge is 2.09. The van der Waals surface area contributed by atoms with Gasteiger partial charge in [-0.15, -0.1) is 0 Å². The molecule has 2 aromatic rings. The van der Waals surface area contributed by atoms with E-state index in [1.807, 2.05) is 24.0 Å². The van der Waals surface area contributed by atoms with Crippen molar-refractivity contribution in [3.05, 3.63) is 18.2 Å². The Morgan fingerprint density at radius 2 is 2.00 bits per heavy atom. The third-order valence-electron chi connectivity index (χ3n) is 2.20. The molecule has 0 aliphatic heterocycles. The fraction of sp³-hybridized carbons (Fsp3) is 0.400. The second-order valence-electron chi connectivity index (χ2n) is 3.84. The minimum atomic E-state index is 0.307. The normalized spacial score (nSPS) is 11.4. The van der Waals surface area contributed by atoms with Crippen LogP contribution in [0.1, 0.15) is 25.6 Å². The molecule has 2 heterocycles. The van der Waals surface area contributed by atoms with Gasteiger partial charge in [-0.2, -0.15) is 0 Å². The van der Waals surface area contributed by atoms with Crippen LogP contribution in [0, 0.1) is 0 Å². The summed E-state index contributed by atoms with van der Waals surface area (Å²) >= 11 is 0. The number of nitrogen functional groups attached to an aromatic ring is 1. The zero-order chi connectivity index (χ0) is 10.3. The molecule has 14 heavy (non-hydrogen) atoms. The van der Waals surface area contributed by atoms with E-state index in [-0.39, 0.29) is 0 Å². The van der Waals surface area contributed by atoms with Crippen LogP contribution >= 0.6 is 0 Å². The molecule has 0 amide bonds. The van der Waals surface area contributed by atoms with E-state index in [4.69, 9.17) is 5.73 Å². The Bertz CT molecular complexity index is 470. The molecule has 2 aromatic heterocycles. The largest absolute Gasteiger partial charge is 0.383 e. The molecule has 2 rings (SSSR count). The maximum absolute atomic E-state index is 5.84. The number of hydrogen-bond acceptors (Lipinski definition) is 3. The van der Waals surface area contributed by atoms with E-state index in [0.717, 1.165) is 16.7 Å². The van der Waals surface area contributed by atoms with E-state index < -0.39 is 0 Å². The lowest BCUT2D eigenvalue weighted by atomic mass is 10.2. The average molecular weight is 190 g/mol. The first kappa shape index (κ1) is 8.99. The molecule has 0 aliphatic rings. The first-order chi connectivity index (χ1) is 6.58. The summed E-state index contributed by atoms with van der Waals surface area (Å²) in [5, 5.41) is 0.928. The molecule has 0 spiro atoms. The number of nitrogens with zero attached hydrogens (tertiary/aromatic N) is 3. The zero-order valence-electron chi connectivity index (χ0n) is 8.65. The van der Waals surface area contributed by atoms with Crippen molar-refractivity contribution in [2.75, 3.05) is 5.73 Å². The van der Waals surface area contributed by atoms with Gasteiger partial charge >= 0.3 is 0 Å². The van der Waals surface area contributed by atoms with Gasteiger partial charge in [-0.1, -0.05) is 13.8 Å². The molecule has 0 saturated carbocycles. The maximum Gasteiger partial charge on any atom is 0.136 e. The number of hydrogen-bond donors (Lipinski definition) is 1. The summed E-state index contributed by atoms with van der Waals surface area (Å²) < 4.78 is 1.94. The van der Waals surface area contributed by atoms with Crippen LogP contribution in [0.15, 0.2) is 12.4 Å². The van der Waals surface area contributed by atoms with Crippen molar-refractivity contribution in [3.63, 3.8) is 0 Å². The molecular formula is C10H14N4. The van der Waals surface area contributed by atoms with Crippen molar-refractivity contribution >= 4 is 16.7 Å². The molecule has 0 radical (unpaired) electrons. The molecule has 0 bridgehead atoms. The maximum atomic E-state index is 5.84. The Kier molecular flexibility index (Phi) is 1.91. The molecule has 4 heteroatoms. The lowest BCUT2D eigenvalue weighted by Crippen LogP contribution is -2.01. The van der Waals surface area contributed by atoms with Gasteiger partial charge in [-0.3, -0.25) is 0 Å². The molecule has 2 N–H and O–H groups in total. The summed E-state index contributed by atoms with van der Waals surface area (Å²) in [6, 6.07) is 0. The van der Waals surface area contributed by atoms with Gasteiger partial charge in [-0.25, -0.2) is 9.97 Å². The van der Waals surface area contributed by atoms with E-state index in [2.05, 4.69) is 23.8 Å². The minimum absolute atomic E-state index is 0.307. The second kappa shape index (κ2) is 2.97. The molecule has 4 nitrogen and oxygen atoms in total. The van der Waals surface area contributed by atoms with Crippen molar-refractivity contribution in [1.29, 1.82) is 0 Å². The van der Waals surface area contributed by atoms with Crippen molar-refractivity contribution in [3.8, 4) is 0 Å². The van der Waals surface area contributed by atoms with Crippen molar-refractivity contribution in [2.45, 2.75) is 19.8 Å². The summed E-state index contributed by atoms with van der Waals surface area (Å²) in [5.41, 5.74) is 6.76. The Morgan fingerprint density at radius 1 is 1.29 bits per heavy atom. The number of aromatic nitrogens is 3. The first-order valence-corrected chi connectivity index (χ1v) is 4.67. The zero-order valence-corrected chi connectivity index (χ0v) is 8.65. The second-order valence-corrected chi connectivity index (χ2v) is 3.84. The monoisotopic (exact) mass is 190 g/mol. The van der Waals surface area contributed by atoms with Crippen LogP contribution in [-0.4, -0.2) is 14.5 Å². The van der Waals surface area contributed by atoms with Crippen LogP contribution < -0.4 is 5.73 Å². The van der Waals surface area contributed by atoms with Gasteiger partial charge in [0.2, 0.25) is 0 Å². The smallest absolute Gasteiger partial charge is 0.136 e. The first-order valence-electron chi connectivity index (χ1n) is 4.67. The number of nitrogens with two attached hydrogens (primary N) is 1. The quantitative estimate of drug-likeness (QED) is 0.744. The lowest BCUT2D eigenvalue weighted by Gasteiger charge is -2.04. The number of rotatable bonds is 1. The molecule has 74 valence electrons. The summed E-state index contributed by atoms with van der Waals surface area (Å²) in [5.74, 6) is 1.68. The number of fused-ring (bicyclic) bond motifs is 1. The van der Waals surface area contributed by atoms with Crippen LogP contribution in [0.25, 0.3) is 10.9 Å². The Morgan fingerprint density at radius 3 is 2.64 bits per heavy atom. The van der Waals surface area contributed by atoms with Crippen molar-refractivity contribution < 1.29 is 0 Å². The molecular weight excluding hydrogens is 176 g/mol. The van der Waals surface area contributed by atoms with Gasteiger partial charge in [0.1, 0.15) is 11.6 Å². The van der Waals surface area contributed by atoms with Crippen LogP contribution in [0.5, 0.6) is 0 Å². The average Bonchev–Trinajstić information content (AvgIpc) is 2.45. The Balaban J connectivity index is 2.71. The molecule has 0 fully saturated rings. The van der Waals surface area contributed by atoms with Crippen LogP contribution in [0.3, 0.4) is 0 Å². The minimum Gasteiger partial charge on any atom is -0.383 e. The third kappa shape index (κ3) is 1.32. The summed E-state index contributed by atoms with van der Waals surface area (Å²) in [4.78, 5) is 8.71. The van der Waals surface area contributed by atoms with Gasteiger partial charge in [-0.05, 0) is 0 Å². The lowest BCUT2D eigenvalue weighted by molar-refractivity contribution is 0.785. The fourth-order valence-corrected chi connectivity index (χ4v) is 1.45. The predicted octanol–water partition coefficient (Wildman–Crippen LogP) is 1.67. The van der Waals surface area contributed by atoms with Gasteiger partial charge < -0.3 is 10.3 Å². The van der Waals surface area contributed by atoms with Crippen LogP contribution in [-0.2, 0) is 7.05 Å². The fourth-order valence-electron chi connectivity index (χ4n) is 1.45. The summed E-state index contributed by atoms with van der Waals surface area (Å²) in [6.45, 7) is 4.12. The van der Waals surface area contributed by atoms with E-state index in [1.54, 1.807) is 0 Å². The molecule has 0 aromatic carbocycles. The molecule has 0 unspecified atom stereocenters. The van der Waals surface area contributed by atoms with E-state index >= 15 is 0 Å². The number of aryl methyl sites for hydroxylation is 1. The predicted molar refractivity (Wildman–Crippen MR) is 57.0 cm³/mol. The topological polar surface area (TPSA) is 56.7 Å². The highest BCUT2D eigenvalue weighted by atomic mass is 15.0. The Labute approximate surface area is 82.8 Å².